The summed E-state index contributed by atoms with van der Waals surface area (Å²) in [5.41, 5.74) is -0.342. The lowest BCUT2D eigenvalue weighted by Gasteiger charge is -2.44. The lowest BCUT2D eigenvalue weighted by molar-refractivity contribution is -0.142. The molecule has 0 spiro atoms. The van der Waals surface area contributed by atoms with Crippen molar-refractivity contribution in [3.05, 3.63) is 101 Å². The van der Waals surface area contributed by atoms with Gasteiger partial charge in [0.05, 0.1) is 5.56 Å². The van der Waals surface area contributed by atoms with E-state index in [4.69, 9.17) is 10.00 Å². The van der Waals surface area contributed by atoms with Crippen LogP contribution in [-0.4, -0.2) is 40.7 Å². The summed E-state index contributed by atoms with van der Waals surface area (Å²) in [6, 6.07) is 22.2. The quantitative estimate of drug-likeness (QED) is 0.359. The molecule has 3 aromatic rings. The second-order valence-electron chi connectivity index (χ2n) is 10.4. The minimum absolute atomic E-state index is 0.184. The number of nitrogens with zero attached hydrogens (tertiary/aromatic N) is 2. The number of hydrogen-bond acceptors (Lipinski definition) is 4. The summed E-state index contributed by atoms with van der Waals surface area (Å²) in [6.45, 7) is 5.59. The molecule has 1 aliphatic heterocycles. The second kappa shape index (κ2) is 11.3. The van der Waals surface area contributed by atoms with Gasteiger partial charge in [-0.25, -0.2) is 8.78 Å². The van der Waals surface area contributed by atoms with Crippen LogP contribution in [0.2, 0.25) is 0 Å². The van der Waals surface area contributed by atoms with Gasteiger partial charge in [-0.15, -0.1) is 0 Å². The molecule has 0 atom stereocenters. The van der Waals surface area contributed by atoms with E-state index in [1.54, 1.807) is 6.07 Å². The van der Waals surface area contributed by atoms with Crippen LogP contribution < -0.4 is 4.74 Å². The van der Waals surface area contributed by atoms with Crippen molar-refractivity contribution in [3.63, 3.8) is 0 Å². The number of carboxylic acid groups (broad SMARTS) is 1. The Morgan fingerprint density at radius 1 is 0.974 bits per heavy atom. The maximum atomic E-state index is 14.3. The zero-order valence-corrected chi connectivity index (χ0v) is 21.7. The van der Waals surface area contributed by atoms with Crippen molar-refractivity contribution in [1.29, 1.82) is 5.26 Å². The first-order valence-corrected chi connectivity index (χ1v) is 12.8. The SMILES string of the molecule is CC(C)(CCC(C(=O)O)(c1ccccc1)c1ccccc1)N1CCC(Oc2cc(F)c(C#N)cc2F)CC1. The Morgan fingerprint density at radius 3 is 2.03 bits per heavy atom. The molecule has 4 rings (SSSR count). The van der Waals surface area contributed by atoms with E-state index in [1.165, 1.54) is 0 Å². The van der Waals surface area contributed by atoms with Gasteiger partial charge in [-0.3, -0.25) is 9.69 Å². The maximum Gasteiger partial charge on any atom is 0.318 e. The van der Waals surface area contributed by atoms with Crippen molar-refractivity contribution >= 4 is 5.97 Å². The minimum atomic E-state index is -1.18. The first kappa shape index (κ1) is 27.3. The van der Waals surface area contributed by atoms with Gasteiger partial charge in [0.1, 0.15) is 23.4 Å². The molecule has 0 amide bonds. The summed E-state index contributed by atoms with van der Waals surface area (Å²) in [5, 5.41) is 19.5. The Kier molecular flexibility index (Phi) is 8.13. The molecule has 1 heterocycles. The van der Waals surface area contributed by atoms with Gasteiger partial charge in [-0.05, 0) is 56.7 Å². The van der Waals surface area contributed by atoms with E-state index >= 15 is 0 Å². The predicted octanol–water partition coefficient (Wildman–Crippen LogP) is 6.31. The van der Waals surface area contributed by atoms with E-state index in [-0.39, 0.29) is 23.0 Å². The number of piperidine rings is 1. The van der Waals surface area contributed by atoms with Gasteiger partial charge in [0.2, 0.25) is 0 Å². The van der Waals surface area contributed by atoms with Crippen molar-refractivity contribution in [2.75, 3.05) is 13.1 Å². The molecule has 1 saturated heterocycles. The molecule has 0 bridgehead atoms. The number of nitriles is 1. The Balaban J connectivity index is 1.47. The van der Waals surface area contributed by atoms with Crippen LogP contribution >= 0.6 is 0 Å². The zero-order valence-electron chi connectivity index (χ0n) is 21.7. The van der Waals surface area contributed by atoms with Crippen LogP contribution in [0.3, 0.4) is 0 Å². The minimum Gasteiger partial charge on any atom is -0.487 e. The summed E-state index contributed by atoms with van der Waals surface area (Å²) in [7, 11) is 0. The number of halogens is 2. The average molecular weight is 519 g/mol. The van der Waals surface area contributed by atoms with E-state index < -0.39 is 23.0 Å². The molecule has 0 saturated carbocycles. The number of rotatable bonds is 9. The summed E-state index contributed by atoms with van der Waals surface area (Å²) in [4.78, 5) is 15.2. The number of ether oxygens (including phenoxy) is 1. The van der Waals surface area contributed by atoms with Crippen LogP contribution in [-0.2, 0) is 10.2 Å². The maximum absolute atomic E-state index is 14.3. The van der Waals surface area contributed by atoms with Gasteiger partial charge in [0, 0.05) is 24.7 Å². The molecule has 0 aromatic heterocycles. The Morgan fingerprint density at radius 2 is 1.53 bits per heavy atom. The third kappa shape index (κ3) is 5.56. The first-order chi connectivity index (χ1) is 18.2. The predicted molar refractivity (Wildman–Crippen MR) is 141 cm³/mol. The van der Waals surface area contributed by atoms with Crippen LogP contribution in [0.15, 0.2) is 72.8 Å². The highest BCUT2D eigenvalue weighted by atomic mass is 19.1. The molecule has 1 aliphatic rings. The monoisotopic (exact) mass is 518 g/mol. The molecular formula is C31H32F2N2O3. The molecule has 7 heteroatoms. The molecule has 1 N–H and O–H groups in total. The van der Waals surface area contributed by atoms with Crippen molar-refractivity contribution < 1.29 is 23.4 Å². The number of carbonyl (C=O) groups is 1. The van der Waals surface area contributed by atoms with E-state index in [9.17, 15) is 18.7 Å². The van der Waals surface area contributed by atoms with Crippen LogP contribution in [0.1, 0.15) is 56.2 Å². The third-order valence-electron chi connectivity index (χ3n) is 7.74. The lowest BCUT2D eigenvalue weighted by Crippen LogP contribution is -2.51. The Bertz CT molecular complexity index is 1260. The Labute approximate surface area is 222 Å². The highest BCUT2D eigenvalue weighted by molar-refractivity contribution is 5.86. The van der Waals surface area contributed by atoms with Crippen LogP contribution in [0, 0.1) is 23.0 Å². The highest BCUT2D eigenvalue weighted by Crippen LogP contribution is 2.40. The first-order valence-electron chi connectivity index (χ1n) is 12.8. The molecule has 3 aromatic carbocycles. The molecule has 198 valence electrons. The molecule has 38 heavy (non-hydrogen) atoms. The van der Waals surface area contributed by atoms with Crippen molar-refractivity contribution in [2.24, 2.45) is 0 Å². The zero-order chi connectivity index (χ0) is 27.3. The summed E-state index contributed by atoms with van der Waals surface area (Å²) in [5.74, 6) is -2.62. The van der Waals surface area contributed by atoms with Gasteiger partial charge in [-0.1, -0.05) is 60.7 Å². The van der Waals surface area contributed by atoms with Gasteiger partial charge in [-0.2, -0.15) is 5.26 Å². The lowest BCUT2D eigenvalue weighted by atomic mass is 9.69. The van der Waals surface area contributed by atoms with Crippen LogP contribution in [0.5, 0.6) is 5.75 Å². The molecule has 5 nitrogen and oxygen atoms in total. The fourth-order valence-electron chi connectivity index (χ4n) is 5.37. The number of likely N-dealkylation sites (tertiary alicyclic amines) is 1. The highest BCUT2D eigenvalue weighted by Gasteiger charge is 2.44. The van der Waals surface area contributed by atoms with Crippen LogP contribution in [0.4, 0.5) is 8.78 Å². The van der Waals surface area contributed by atoms with E-state index in [1.807, 2.05) is 60.7 Å². The number of hydrogen-bond donors (Lipinski definition) is 1. The van der Waals surface area contributed by atoms with E-state index in [0.717, 1.165) is 23.3 Å². The average Bonchev–Trinajstić information content (AvgIpc) is 2.92. The van der Waals surface area contributed by atoms with E-state index in [2.05, 4.69) is 18.7 Å². The van der Waals surface area contributed by atoms with Crippen molar-refractivity contribution in [2.45, 2.75) is 56.6 Å². The van der Waals surface area contributed by atoms with Crippen LogP contribution in [0.25, 0.3) is 0 Å². The van der Waals surface area contributed by atoms with E-state index in [0.29, 0.717) is 38.8 Å². The largest absolute Gasteiger partial charge is 0.487 e. The molecule has 0 radical (unpaired) electrons. The molecular weight excluding hydrogens is 486 g/mol. The standard InChI is InChI=1S/C31H32F2N2O3/c1-30(2,35-17-13-25(14-18-35)38-28-20-26(32)22(21-34)19-27(28)33)15-16-31(29(36)37,23-9-5-3-6-10-23)24-11-7-4-8-12-24/h3-12,19-20,25H,13-18H2,1-2H3,(H,36,37). The number of carboxylic acids is 1. The topological polar surface area (TPSA) is 73.6 Å². The molecule has 0 unspecified atom stereocenters. The second-order valence-corrected chi connectivity index (χ2v) is 10.4. The van der Waals surface area contributed by atoms with Gasteiger partial charge >= 0.3 is 5.97 Å². The van der Waals surface area contributed by atoms with Crippen molar-refractivity contribution in [1.82, 2.24) is 4.90 Å². The fourth-order valence-corrected chi connectivity index (χ4v) is 5.37. The normalized spacial score (nSPS) is 15.1. The van der Waals surface area contributed by atoms with Gasteiger partial charge < -0.3 is 9.84 Å². The fraction of sp³-hybridized carbons (Fsp3) is 0.355. The summed E-state index contributed by atoms with van der Waals surface area (Å²) >= 11 is 0. The molecule has 0 aliphatic carbocycles. The smallest absolute Gasteiger partial charge is 0.318 e. The summed E-state index contributed by atoms with van der Waals surface area (Å²) < 4.78 is 34.0. The molecule has 1 fully saturated rings. The van der Waals surface area contributed by atoms with Gasteiger partial charge in [0.25, 0.3) is 0 Å². The van der Waals surface area contributed by atoms with Crippen molar-refractivity contribution in [3.8, 4) is 11.8 Å². The summed E-state index contributed by atoms with van der Waals surface area (Å²) in [6.07, 6.45) is 1.99. The number of aliphatic carboxylic acids is 1. The van der Waals surface area contributed by atoms with Gasteiger partial charge in [0.15, 0.2) is 11.6 Å². The number of benzene rings is 3. The Hall–Kier alpha value is -3.76. The third-order valence-corrected chi connectivity index (χ3v) is 7.74.